The second-order valence-electron chi connectivity index (χ2n) is 4.97. The zero-order chi connectivity index (χ0) is 15.5. The van der Waals surface area contributed by atoms with Gasteiger partial charge < -0.3 is 4.74 Å². The molecule has 0 saturated heterocycles. The van der Waals surface area contributed by atoms with E-state index in [9.17, 15) is 4.79 Å². The van der Waals surface area contributed by atoms with Crippen molar-refractivity contribution in [3.05, 3.63) is 69.2 Å². The summed E-state index contributed by atoms with van der Waals surface area (Å²) >= 11 is 3.39. The van der Waals surface area contributed by atoms with Crippen molar-refractivity contribution in [2.75, 3.05) is 6.61 Å². The lowest BCUT2D eigenvalue weighted by Crippen LogP contribution is -2.02. The van der Waals surface area contributed by atoms with Gasteiger partial charge in [0.25, 0.3) is 0 Å². The number of ether oxygens (including phenoxy) is 1. The summed E-state index contributed by atoms with van der Waals surface area (Å²) in [6.45, 7) is 0.462. The summed E-state index contributed by atoms with van der Waals surface area (Å²) in [6, 6.07) is 14.8. The van der Waals surface area contributed by atoms with Crippen LogP contribution in [0.25, 0.3) is 6.08 Å². The van der Waals surface area contributed by atoms with Crippen LogP contribution in [0.15, 0.2) is 52.5 Å². The summed E-state index contributed by atoms with van der Waals surface area (Å²) in [4.78, 5) is 12.7. The van der Waals surface area contributed by atoms with Gasteiger partial charge in [-0.1, -0.05) is 28.1 Å². The second-order valence-corrected chi connectivity index (χ2v) is 5.89. The third-order valence-electron chi connectivity index (χ3n) is 3.46. The maximum Gasteiger partial charge on any atom is 0.192 e. The van der Waals surface area contributed by atoms with Crippen molar-refractivity contribution in [2.24, 2.45) is 0 Å². The van der Waals surface area contributed by atoms with Gasteiger partial charge in [-0.25, -0.2) is 0 Å². The molecule has 4 heteroatoms. The number of halogens is 1. The van der Waals surface area contributed by atoms with Crippen molar-refractivity contribution in [2.45, 2.75) is 6.42 Å². The Bertz CT molecular complexity index is 818. The normalized spacial score (nSPS) is 15.6. The molecule has 0 fully saturated rings. The van der Waals surface area contributed by atoms with Gasteiger partial charge in [0.1, 0.15) is 5.75 Å². The van der Waals surface area contributed by atoms with Gasteiger partial charge in [0, 0.05) is 16.5 Å². The van der Waals surface area contributed by atoms with Crippen LogP contribution >= 0.6 is 15.9 Å². The highest BCUT2D eigenvalue weighted by Gasteiger charge is 2.21. The van der Waals surface area contributed by atoms with E-state index in [0.717, 1.165) is 10.0 Å². The minimum Gasteiger partial charge on any atom is -0.492 e. The Balaban J connectivity index is 2.02. The first kappa shape index (κ1) is 14.6. The van der Waals surface area contributed by atoms with E-state index in [1.807, 2.05) is 24.3 Å². The van der Waals surface area contributed by atoms with Gasteiger partial charge in [-0.2, -0.15) is 5.26 Å². The molecule has 108 valence electrons. The third-order valence-corrected chi connectivity index (χ3v) is 3.96. The molecule has 0 bridgehead atoms. The fourth-order valence-electron chi connectivity index (χ4n) is 2.40. The van der Waals surface area contributed by atoms with Gasteiger partial charge in [0.05, 0.1) is 23.8 Å². The molecule has 3 rings (SSSR count). The Hall–Kier alpha value is -2.38. The Morgan fingerprint density at radius 2 is 2.09 bits per heavy atom. The molecule has 0 aliphatic carbocycles. The number of nitrogens with zero attached hydrogens (tertiary/aromatic N) is 1. The standard InChI is InChI=1S/C18H12BrNO2/c19-15-4-5-17-16(10-15)18(21)14(6-7-22-17)9-12-2-1-3-13(8-12)11-20/h1-5,8-10H,6-7H2. The lowest BCUT2D eigenvalue weighted by molar-refractivity contribution is 0.103. The summed E-state index contributed by atoms with van der Waals surface area (Å²) < 4.78 is 6.50. The summed E-state index contributed by atoms with van der Waals surface area (Å²) in [7, 11) is 0. The van der Waals surface area contributed by atoms with E-state index in [1.54, 1.807) is 24.3 Å². The van der Waals surface area contributed by atoms with E-state index in [2.05, 4.69) is 22.0 Å². The molecule has 2 aromatic carbocycles. The number of rotatable bonds is 1. The number of nitriles is 1. The van der Waals surface area contributed by atoms with Crippen LogP contribution in [0.1, 0.15) is 27.9 Å². The molecule has 2 aromatic rings. The van der Waals surface area contributed by atoms with Gasteiger partial charge >= 0.3 is 0 Å². The highest BCUT2D eigenvalue weighted by atomic mass is 79.9. The molecule has 0 radical (unpaired) electrons. The highest BCUT2D eigenvalue weighted by molar-refractivity contribution is 9.10. The van der Waals surface area contributed by atoms with E-state index in [-0.39, 0.29) is 5.78 Å². The second kappa shape index (κ2) is 6.17. The van der Waals surface area contributed by atoms with E-state index >= 15 is 0 Å². The monoisotopic (exact) mass is 353 g/mol. The average Bonchev–Trinajstić information content (AvgIpc) is 2.68. The Labute approximate surface area is 137 Å². The molecule has 0 unspecified atom stereocenters. The molecule has 0 N–H and O–H groups in total. The van der Waals surface area contributed by atoms with Crippen molar-refractivity contribution < 1.29 is 9.53 Å². The van der Waals surface area contributed by atoms with Gasteiger partial charge in [-0.05, 0) is 42.0 Å². The number of ketones is 1. The summed E-state index contributed by atoms with van der Waals surface area (Å²) in [5.74, 6) is 0.582. The number of hydrogen-bond acceptors (Lipinski definition) is 3. The molecule has 1 aliphatic heterocycles. The molecule has 1 aliphatic rings. The predicted octanol–water partition coefficient (Wildman–Crippen LogP) is 4.37. The van der Waals surface area contributed by atoms with Crippen LogP contribution in [0, 0.1) is 11.3 Å². The zero-order valence-corrected chi connectivity index (χ0v) is 13.3. The molecule has 0 spiro atoms. The first-order valence-corrected chi connectivity index (χ1v) is 7.64. The molecular weight excluding hydrogens is 342 g/mol. The molecule has 0 aromatic heterocycles. The first-order valence-electron chi connectivity index (χ1n) is 6.85. The van der Waals surface area contributed by atoms with Gasteiger partial charge in [0.15, 0.2) is 5.78 Å². The number of hydrogen-bond donors (Lipinski definition) is 0. The van der Waals surface area contributed by atoms with Crippen molar-refractivity contribution in [3.8, 4) is 11.8 Å². The minimum absolute atomic E-state index is 0.0313. The molecule has 0 atom stereocenters. The summed E-state index contributed by atoms with van der Waals surface area (Å²) in [5, 5.41) is 8.96. The SMILES string of the molecule is N#Cc1cccc(C=C2CCOc3ccc(Br)cc3C2=O)c1. The van der Waals surface area contributed by atoms with Crippen LogP contribution in [-0.2, 0) is 0 Å². The van der Waals surface area contributed by atoms with Crippen LogP contribution in [0.2, 0.25) is 0 Å². The molecule has 0 amide bonds. The fraction of sp³-hybridized carbons (Fsp3) is 0.111. The van der Waals surface area contributed by atoms with Gasteiger partial charge in [-0.3, -0.25) is 4.79 Å². The number of Topliss-reactive ketones (excluding diaryl/α,β-unsaturated/α-hetero) is 1. The lowest BCUT2D eigenvalue weighted by Gasteiger charge is -2.05. The van der Waals surface area contributed by atoms with Crippen molar-refractivity contribution >= 4 is 27.8 Å². The maximum absolute atomic E-state index is 12.7. The fourth-order valence-corrected chi connectivity index (χ4v) is 2.76. The average molecular weight is 354 g/mol. The number of fused-ring (bicyclic) bond motifs is 1. The Morgan fingerprint density at radius 3 is 2.91 bits per heavy atom. The number of benzene rings is 2. The van der Waals surface area contributed by atoms with Crippen molar-refractivity contribution in [3.63, 3.8) is 0 Å². The molecule has 1 heterocycles. The predicted molar refractivity (Wildman–Crippen MR) is 87.7 cm³/mol. The summed E-state index contributed by atoms with van der Waals surface area (Å²) in [6.07, 6.45) is 2.38. The largest absolute Gasteiger partial charge is 0.492 e. The smallest absolute Gasteiger partial charge is 0.192 e. The van der Waals surface area contributed by atoms with Crippen LogP contribution in [0.3, 0.4) is 0 Å². The molecule has 22 heavy (non-hydrogen) atoms. The zero-order valence-electron chi connectivity index (χ0n) is 11.7. The van der Waals surface area contributed by atoms with E-state index < -0.39 is 0 Å². The van der Waals surface area contributed by atoms with Gasteiger partial charge in [0.2, 0.25) is 0 Å². The molecule has 0 saturated carbocycles. The third kappa shape index (κ3) is 2.95. The van der Waals surface area contributed by atoms with E-state index in [4.69, 9.17) is 10.00 Å². The van der Waals surface area contributed by atoms with Crippen LogP contribution in [0.5, 0.6) is 5.75 Å². The van der Waals surface area contributed by atoms with Crippen LogP contribution < -0.4 is 4.74 Å². The van der Waals surface area contributed by atoms with E-state index in [1.165, 1.54) is 0 Å². The first-order chi connectivity index (χ1) is 10.7. The quantitative estimate of drug-likeness (QED) is 0.715. The van der Waals surface area contributed by atoms with Crippen LogP contribution in [-0.4, -0.2) is 12.4 Å². The van der Waals surface area contributed by atoms with E-state index in [0.29, 0.717) is 35.5 Å². The summed E-state index contributed by atoms with van der Waals surface area (Å²) in [5.41, 5.74) is 2.68. The molecular formula is C18H12BrNO2. The maximum atomic E-state index is 12.7. The van der Waals surface area contributed by atoms with Crippen molar-refractivity contribution in [1.82, 2.24) is 0 Å². The highest BCUT2D eigenvalue weighted by Crippen LogP contribution is 2.30. The number of carbonyl (C=O) groups excluding carboxylic acids is 1. The topological polar surface area (TPSA) is 50.1 Å². The van der Waals surface area contributed by atoms with Gasteiger partial charge in [-0.15, -0.1) is 0 Å². The van der Waals surface area contributed by atoms with Crippen molar-refractivity contribution in [1.29, 1.82) is 5.26 Å². The lowest BCUT2D eigenvalue weighted by atomic mass is 9.98. The Morgan fingerprint density at radius 1 is 1.23 bits per heavy atom. The molecule has 3 nitrogen and oxygen atoms in total. The minimum atomic E-state index is -0.0313. The number of carbonyl (C=O) groups is 1. The van der Waals surface area contributed by atoms with Crippen LogP contribution in [0.4, 0.5) is 0 Å². The Kier molecular flexibility index (Phi) is 4.08.